The zero-order valence-corrected chi connectivity index (χ0v) is 10.8. The first-order chi connectivity index (χ1) is 9.49. The number of carboxylic acid groups (broad SMARTS) is 2. The molecule has 1 heterocycles. The summed E-state index contributed by atoms with van der Waals surface area (Å²) in [6, 6.07) is 9.51. The van der Waals surface area contributed by atoms with E-state index in [2.05, 4.69) is 5.10 Å². The van der Waals surface area contributed by atoms with Gasteiger partial charge in [-0.25, -0.2) is 0 Å². The molecule has 0 bridgehead atoms. The predicted molar refractivity (Wildman–Crippen MR) is 66.1 cm³/mol. The van der Waals surface area contributed by atoms with Crippen LogP contribution in [0.25, 0.3) is 11.3 Å². The maximum atomic E-state index is 11.1. The lowest BCUT2D eigenvalue weighted by Gasteiger charge is -2.20. The molecule has 6 heteroatoms. The SMILES string of the molecule is Cc1cc(-c2ccccc2)nn1[C@@H](CC(=O)[O-])C(=O)[O-]. The third-order valence-electron chi connectivity index (χ3n) is 2.92. The number of carboxylic acids is 2. The number of carbonyl (C=O) groups excluding carboxylic acids is 2. The van der Waals surface area contributed by atoms with Gasteiger partial charge in [0.05, 0.1) is 17.7 Å². The van der Waals surface area contributed by atoms with Crippen LogP contribution in [0.3, 0.4) is 0 Å². The van der Waals surface area contributed by atoms with E-state index >= 15 is 0 Å². The van der Waals surface area contributed by atoms with Crippen molar-refractivity contribution in [1.82, 2.24) is 9.78 Å². The van der Waals surface area contributed by atoms with E-state index in [-0.39, 0.29) is 0 Å². The van der Waals surface area contributed by atoms with E-state index in [0.29, 0.717) is 11.4 Å². The van der Waals surface area contributed by atoms with Crippen LogP contribution in [0, 0.1) is 6.92 Å². The van der Waals surface area contributed by atoms with Crippen LogP contribution >= 0.6 is 0 Å². The van der Waals surface area contributed by atoms with Crippen molar-refractivity contribution in [2.75, 3.05) is 0 Å². The van der Waals surface area contributed by atoms with Gasteiger partial charge >= 0.3 is 0 Å². The number of aromatic nitrogens is 2. The average molecular weight is 272 g/mol. The van der Waals surface area contributed by atoms with Crippen LogP contribution < -0.4 is 10.2 Å². The molecule has 2 rings (SSSR count). The zero-order chi connectivity index (χ0) is 14.7. The Bertz CT molecular complexity index is 634. The number of aliphatic carboxylic acids is 2. The number of hydrogen-bond donors (Lipinski definition) is 0. The minimum atomic E-state index is -1.50. The molecule has 0 radical (unpaired) electrons. The Hall–Kier alpha value is -2.63. The van der Waals surface area contributed by atoms with E-state index < -0.39 is 24.4 Å². The van der Waals surface area contributed by atoms with Gasteiger partial charge in [-0.3, -0.25) is 4.68 Å². The van der Waals surface area contributed by atoms with Gasteiger partial charge in [-0.15, -0.1) is 0 Å². The highest BCUT2D eigenvalue weighted by atomic mass is 16.4. The molecule has 0 saturated heterocycles. The van der Waals surface area contributed by atoms with Crippen molar-refractivity contribution in [2.24, 2.45) is 0 Å². The fourth-order valence-electron chi connectivity index (χ4n) is 1.98. The van der Waals surface area contributed by atoms with E-state index in [0.717, 1.165) is 10.2 Å². The molecule has 0 aliphatic carbocycles. The summed E-state index contributed by atoms with van der Waals surface area (Å²) >= 11 is 0. The molecule has 2 aromatic rings. The molecular formula is C14H12N2O4-2. The fraction of sp³-hybridized carbons (Fsp3) is 0.214. The topological polar surface area (TPSA) is 98.1 Å². The number of benzene rings is 1. The van der Waals surface area contributed by atoms with Gasteiger partial charge in [-0.2, -0.15) is 5.10 Å². The number of rotatable bonds is 5. The van der Waals surface area contributed by atoms with E-state index in [1.807, 2.05) is 30.3 Å². The van der Waals surface area contributed by atoms with Crippen molar-refractivity contribution in [3.63, 3.8) is 0 Å². The molecule has 104 valence electrons. The van der Waals surface area contributed by atoms with Gasteiger partial charge in [0.25, 0.3) is 0 Å². The van der Waals surface area contributed by atoms with Gasteiger partial charge < -0.3 is 19.8 Å². The molecule has 1 aromatic carbocycles. The summed E-state index contributed by atoms with van der Waals surface area (Å²) in [5, 5.41) is 25.9. The molecule has 1 atom stereocenters. The third-order valence-corrected chi connectivity index (χ3v) is 2.92. The lowest BCUT2D eigenvalue weighted by molar-refractivity contribution is -0.319. The molecule has 0 fully saturated rings. The lowest BCUT2D eigenvalue weighted by atomic mass is 10.1. The van der Waals surface area contributed by atoms with Crippen LogP contribution in [0.5, 0.6) is 0 Å². The van der Waals surface area contributed by atoms with Crippen molar-refractivity contribution in [1.29, 1.82) is 0 Å². The standard InChI is InChI=1S/C14H14N2O4/c1-9-7-11(10-5-3-2-4-6-10)15-16(9)12(14(19)20)8-13(17)18/h2-7,12H,8H2,1H3,(H,17,18)(H,19,20)/p-2/t12-/m0/s1. The van der Waals surface area contributed by atoms with Crippen LogP contribution in [-0.2, 0) is 9.59 Å². The molecule has 1 aromatic heterocycles. The van der Waals surface area contributed by atoms with Crippen molar-refractivity contribution in [2.45, 2.75) is 19.4 Å². The second-order valence-corrected chi connectivity index (χ2v) is 4.39. The predicted octanol–water partition coefficient (Wildman–Crippen LogP) is -0.710. The molecule has 0 saturated carbocycles. The highest BCUT2D eigenvalue weighted by Gasteiger charge is 2.17. The Labute approximate surface area is 115 Å². The maximum Gasteiger partial charge on any atom is 0.0967 e. The quantitative estimate of drug-likeness (QED) is 0.716. The minimum Gasteiger partial charge on any atom is -0.550 e. The molecule has 0 aliphatic heterocycles. The second-order valence-electron chi connectivity index (χ2n) is 4.39. The van der Waals surface area contributed by atoms with Crippen LogP contribution in [-0.4, -0.2) is 21.7 Å². The summed E-state index contributed by atoms with van der Waals surface area (Å²) in [6.45, 7) is 1.66. The van der Waals surface area contributed by atoms with Gasteiger partial charge in [-0.1, -0.05) is 30.3 Å². The summed E-state index contributed by atoms with van der Waals surface area (Å²) in [7, 11) is 0. The number of carbonyl (C=O) groups is 2. The van der Waals surface area contributed by atoms with Gasteiger partial charge in [-0.05, 0) is 13.0 Å². The molecule has 6 nitrogen and oxygen atoms in total. The Kier molecular flexibility index (Phi) is 3.84. The van der Waals surface area contributed by atoms with Crippen LogP contribution in [0.1, 0.15) is 18.2 Å². The van der Waals surface area contributed by atoms with E-state index in [1.165, 1.54) is 0 Å². The monoisotopic (exact) mass is 272 g/mol. The van der Waals surface area contributed by atoms with Crippen molar-refractivity contribution in [3.05, 3.63) is 42.1 Å². The fourth-order valence-corrected chi connectivity index (χ4v) is 1.98. The van der Waals surface area contributed by atoms with E-state index in [9.17, 15) is 19.8 Å². The normalized spacial score (nSPS) is 12.1. The largest absolute Gasteiger partial charge is 0.550 e. The summed E-state index contributed by atoms with van der Waals surface area (Å²) in [5.74, 6) is -2.96. The first kappa shape index (κ1) is 13.8. The first-order valence-corrected chi connectivity index (χ1v) is 6.01. The molecule has 0 N–H and O–H groups in total. The Morgan fingerprint density at radius 1 is 1.25 bits per heavy atom. The third kappa shape index (κ3) is 2.85. The van der Waals surface area contributed by atoms with Crippen molar-refractivity contribution >= 4 is 11.9 Å². The Morgan fingerprint density at radius 3 is 2.45 bits per heavy atom. The molecule has 0 amide bonds. The highest BCUT2D eigenvalue weighted by molar-refractivity contribution is 5.77. The molecule has 0 spiro atoms. The number of nitrogens with zero attached hydrogens (tertiary/aromatic N) is 2. The second kappa shape index (κ2) is 5.56. The summed E-state index contributed by atoms with van der Waals surface area (Å²) < 4.78 is 1.15. The van der Waals surface area contributed by atoms with Gasteiger partial charge in [0.2, 0.25) is 0 Å². The van der Waals surface area contributed by atoms with Crippen molar-refractivity contribution < 1.29 is 19.8 Å². The lowest BCUT2D eigenvalue weighted by Crippen LogP contribution is -2.38. The van der Waals surface area contributed by atoms with Gasteiger partial charge in [0, 0.05) is 23.6 Å². The van der Waals surface area contributed by atoms with Crippen molar-refractivity contribution in [3.8, 4) is 11.3 Å². The smallest absolute Gasteiger partial charge is 0.0967 e. The Balaban J connectivity index is 2.40. The van der Waals surface area contributed by atoms with Gasteiger partial charge in [0.1, 0.15) is 0 Å². The van der Waals surface area contributed by atoms with E-state index in [1.54, 1.807) is 13.0 Å². The molecule has 0 unspecified atom stereocenters. The summed E-state index contributed by atoms with van der Waals surface area (Å²) in [5.41, 5.74) is 1.94. The van der Waals surface area contributed by atoms with Crippen LogP contribution in [0.15, 0.2) is 36.4 Å². The zero-order valence-electron chi connectivity index (χ0n) is 10.8. The molecular weight excluding hydrogens is 260 g/mol. The maximum absolute atomic E-state index is 11.1. The van der Waals surface area contributed by atoms with Gasteiger partial charge in [0.15, 0.2) is 0 Å². The Morgan fingerprint density at radius 2 is 1.90 bits per heavy atom. The summed E-state index contributed by atoms with van der Waals surface area (Å²) in [6.07, 6.45) is -0.681. The van der Waals surface area contributed by atoms with E-state index in [4.69, 9.17) is 0 Å². The summed E-state index contributed by atoms with van der Waals surface area (Å²) in [4.78, 5) is 21.7. The van der Waals surface area contributed by atoms with Crippen LogP contribution in [0.4, 0.5) is 0 Å². The molecule has 20 heavy (non-hydrogen) atoms. The number of aryl methyl sites for hydroxylation is 1. The average Bonchev–Trinajstić information content (AvgIpc) is 2.78. The highest BCUT2D eigenvalue weighted by Crippen LogP contribution is 2.21. The minimum absolute atomic E-state index is 0.541. The molecule has 0 aliphatic rings. The number of hydrogen-bond acceptors (Lipinski definition) is 5. The van der Waals surface area contributed by atoms with Crippen LogP contribution in [0.2, 0.25) is 0 Å². The first-order valence-electron chi connectivity index (χ1n) is 6.01.